The lowest BCUT2D eigenvalue weighted by molar-refractivity contribution is 0.100. The quantitative estimate of drug-likeness (QED) is 0.642. The summed E-state index contributed by atoms with van der Waals surface area (Å²) < 4.78 is 0. The van der Waals surface area contributed by atoms with E-state index in [1.54, 1.807) is 24.4 Å². The van der Waals surface area contributed by atoms with Crippen LogP contribution in [0.4, 0.5) is 17.1 Å². The van der Waals surface area contributed by atoms with Crippen molar-refractivity contribution in [3.8, 4) is 0 Å². The number of nitrogens with two attached hydrogens (primary N) is 2. The van der Waals surface area contributed by atoms with Crippen LogP contribution < -0.4 is 16.8 Å². The minimum Gasteiger partial charge on any atom is -0.397 e. The molecule has 5 nitrogen and oxygen atoms in total. The number of rotatable bonds is 3. The Balaban J connectivity index is 1.93. The lowest BCUT2D eigenvalue weighted by Gasteiger charge is -2.10. The highest BCUT2D eigenvalue weighted by atomic mass is 16.1. The van der Waals surface area contributed by atoms with Crippen molar-refractivity contribution in [2.75, 3.05) is 11.1 Å². The molecule has 0 saturated heterocycles. The maximum atomic E-state index is 11.1. The van der Waals surface area contributed by atoms with Crippen LogP contribution >= 0.6 is 0 Å². The molecular formula is C16H14N4O. The van der Waals surface area contributed by atoms with Gasteiger partial charge in [-0.15, -0.1) is 0 Å². The summed E-state index contributed by atoms with van der Waals surface area (Å²) >= 11 is 0. The number of pyridine rings is 1. The summed E-state index contributed by atoms with van der Waals surface area (Å²) in [7, 11) is 0. The summed E-state index contributed by atoms with van der Waals surface area (Å²) in [4.78, 5) is 15.5. The molecule has 0 bridgehead atoms. The van der Waals surface area contributed by atoms with E-state index in [0.29, 0.717) is 16.9 Å². The van der Waals surface area contributed by atoms with Crippen LogP contribution in [0.25, 0.3) is 10.9 Å². The van der Waals surface area contributed by atoms with Crippen molar-refractivity contribution in [3.63, 3.8) is 0 Å². The zero-order valence-electron chi connectivity index (χ0n) is 11.2. The molecule has 5 heteroatoms. The van der Waals surface area contributed by atoms with Crippen LogP contribution in [0.3, 0.4) is 0 Å². The molecule has 0 atom stereocenters. The summed E-state index contributed by atoms with van der Waals surface area (Å²) in [5.41, 5.74) is 14.5. The molecule has 1 aromatic heterocycles. The number of anilines is 3. The number of nitrogens with zero attached hydrogens (tertiary/aromatic N) is 1. The van der Waals surface area contributed by atoms with Gasteiger partial charge in [0.25, 0.3) is 0 Å². The minimum atomic E-state index is -0.499. The van der Waals surface area contributed by atoms with Crippen molar-refractivity contribution in [2.24, 2.45) is 5.73 Å². The number of hydrogen-bond acceptors (Lipinski definition) is 4. The van der Waals surface area contributed by atoms with Crippen LogP contribution in [0, 0.1) is 0 Å². The van der Waals surface area contributed by atoms with Crippen LogP contribution in [-0.2, 0) is 0 Å². The zero-order chi connectivity index (χ0) is 14.8. The highest BCUT2D eigenvalue weighted by Crippen LogP contribution is 2.25. The van der Waals surface area contributed by atoms with Gasteiger partial charge in [-0.1, -0.05) is 18.2 Å². The van der Waals surface area contributed by atoms with Crippen LogP contribution in [0.5, 0.6) is 0 Å². The van der Waals surface area contributed by atoms with E-state index >= 15 is 0 Å². The SMILES string of the molecule is NC(=O)c1ccc(Nc2cnc3ccccc3c2)c(N)c1. The fourth-order valence-corrected chi connectivity index (χ4v) is 2.12. The molecule has 2 aromatic carbocycles. The molecule has 104 valence electrons. The van der Waals surface area contributed by atoms with Crippen molar-refractivity contribution >= 4 is 33.9 Å². The maximum Gasteiger partial charge on any atom is 0.248 e. The van der Waals surface area contributed by atoms with Crippen molar-refractivity contribution in [3.05, 3.63) is 60.3 Å². The van der Waals surface area contributed by atoms with E-state index < -0.39 is 5.91 Å². The Kier molecular flexibility index (Phi) is 3.16. The Morgan fingerprint density at radius 1 is 1.10 bits per heavy atom. The number of carbonyl (C=O) groups is 1. The molecular weight excluding hydrogens is 264 g/mol. The van der Waals surface area contributed by atoms with Gasteiger partial charge in [0.05, 0.1) is 28.8 Å². The highest BCUT2D eigenvalue weighted by Gasteiger charge is 2.05. The fourth-order valence-electron chi connectivity index (χ4n) is 2.12. The summed E-state index contributed by atoms with van der Waals surface area (Å²) in [6, 6.07) is 14.8. The first kappa shape index (κ1) is 12.9. The number of para-hydroxylation sites is 1. The number of aromatic nitrogens is 1. The number of primary amides is 1. The van der Waals surface area contributed by atoms with Crippen LogP contribution in [0.1, 0.15) is 10.4 Å². The molecule has 3 aromatic rings. The van der Waals surface area contributed by atoms with Gasteiger partial charge in [-0.25, -0.2) is 0 Å². The van der Waals surface area contributed by atoms with E-state index in [9.17, 15) is 4.79 Å². The number of hydrogen-bond donors (Lipinski definition) is 3. The van der Waals surface area contributed by atoms with Gasteiger partial charge < -0.3 is 16.8 Å². The van der Waals surface area contributed by atoms with Crippen LogP contribution in [-0.4, -0.2) is 10.9 Å². The largest absolute Gasteiger partial charge is 0.397 e. The summed E-state index contributed by atoms with van der Waals surface area (Å²) in [5.74, 6) is -0.499. The number of fused-ring (bicyclic) bond motifs is 1. The van der Waals surface area contributed by atoms with Gasteiger partial charge in [-0.3, -0.25) is 9.78 Å². The molecule has 0 fully saturated rings. The second-order valence-electron chi connectivity index (χ2n) is 4.71. The molecule has 0 aliphatic rings. The predicted molar refractivity (Wildman–Crippen MR) is 84.4 cm³/mol. The van der Waals surface area contributed by atoms with Crippen molar-refractivity contribution in [1.29, 1.82) is 0 Å². The molecule has 1 amide bonds. The number of benzene rings is 2. The normalized spacial score (nSPS) is 10.5. The Morgan fingerprint density at radius 2 is 1.90 bits per heavy atom. The predicted octanol–water partition coefficient (Wildman–Crippen LogP) is 2.66. The lowest BCUT2D eigenvalue weighted by atomic mass is 10.1. The van der Waals surface area contributed by atoms with Crippen LogP contribution in [0.15, 0.2) is 54.7 Å². The van der Waals surface area contributed by atoms with Gasteiger partial charge in [-0.2, -0.15) is 0 Å². The molecule has 1 heterocycles. The smallest absolute Gasteiger partial charge is 0.248 e. The van der Waals surface area contributed by atoms with Gasteiger partial charge >= 0.3 is 0 Å². The Labute approximate surface area is 121 Å². The molecule has 0 saturated carbocycles. The lowest BCUT2D eigenvalue weighted by Crippen LogP contribution is -2.11. The summed E-state index contributed by atoms with van der Waals surface area (Å²) in [6.45, 7) is 0. The average Bonchev–Trinajstić information content (AvgIpc) is 2.49. The Morgan fingerprint density at radius 3 is 2.67 bits per heavy atom. The van der Waals surface area contributed by atoms with Crippen molar-refractivity contribution in [1.82, 2.24) is 4.98 Å². The maximum absolute atomic E-state index is 11.1. The minimum absolute atomic E-state index is 0.384. The van der Waals surface area contributed by atoms with E-state index in [2.05, 4.69) is 10.3 Å². The van der Waals surface area contributed by atoms with Gasteiger partial charge in [0, 0.05) is 10.9 Å². The van der Waals surface area contributed by atoms with Crippen LogP contribution in [0.2, 0.25) is 0 Å². The standard InChI is InChI=1S/C16H14N4O/c17-13-8-11(16(18)21)5-6-15(13)20-12-7-10-3-1-2-4-14(10)19-9-12/h1-9,20H,17H2,(H2,18,21). The third-order valence-electron chi connectivity index (χ3n) is 3.21. The fraction of sp³-hybridized carbons (Fsp3) is 0. The number of nitrogens with one attached hydrogen (secondary N) is 1. The Hall–Kier alpha value is -3.08. The van der Waals surface area contributed by atoms with Gasteiger partial charge in [0.15, 0.2) is 0 Å². The zero-order valence-corrected chi connectivity index (χ0v) is 11.2. The number of nitrogen functional groups attached to an aromatic ring is 1. The van der Waals surface area contributed by atoms with Crippen molar-refractivity contribution < 1.29 is 4.79 Å². The molecule has 0 aliphatic carbocycles. The van der Waals surface area contributed by atoms with Gasteiger partial charge in [0.2, 0.25) is 5.91 Å². The first-order valence-electron chi connectivity index (χ1n) is 6.44. The topological polar surface area (TPSA) is 94.0 Å². The Bertz CT molecular complexity index is 829. The van der Waals surface area contributed by atoms with E-state index in [0.717, 1.165) is 16.6 Å². The van der Waals surface area contributed by atoms with Crippen molar-refractivity contribution in [2.45, 2.75) is 0 Å². The van der Waals surface area contributed by atoms with E-state index in [1.807, 2.05) is 30.3 Å². The monoisotopic (exact) mass is 278 g/mol. The molecule has 3 rings (SSSR count). The third-order valence-corrected chi connectivity index (χ3v) is 3.21. The highest BCUT2D eigenvalue weighted by molar-refractivity contribution is 5.95. The molecule has 5 N–H and O–H groups in total. The molecule has 0 radical (unpaired) electrons. The summed E-state index contributed by atoms with van der Waals surface area (Å²) in [5, 5.41) is 4.23. The number of amides is 1. The van der Waals surface area contributed by atoms with E-state index in [-0.39, 0.29) is 0 Å². The first-order chi connectivity index (χ1) is 10.1. The second kappa shape index (κ2) is 5.13. The second-order valence-corrected chi connectivity index (χ2v) is 4.71. The van der Waals surface area contributed by atoms with E-state index in [1.165, 1.54) is 0 Å². The molecule has 0 unspecified atom stereocenters. The molecule has 21 heavy (non-hydrogen) atoms. The molecule has 0 aliphatic heterocycles. The van der Waals surface area contributed by atoms with E-state index in [4.69, 9.17) is 11.5 Å². The first-order valence-corrected chi connectivity index (χ1v) is 6.44. The number of carbonyl (C=O) groups excluding carboxylic acids is 1. The molecule has 0 spiro atoms. The third kappa shape index (κ3) is 2.62. The van der Waals surface area contributed by atoms with Gasteiger partial charge in [0.1, 0.15) is 0 Å². The van der Waals surface area contributed by atoms with Gasteiger partial charge in [-0.05, 0) is 30.3 Å². The average molecular weight is 278 g/mol. The summed E-state index contributed by atoms with van der Waals surface area (Å²) in [6.07, 6.45) is 1.74.